The summed E-state index contributed by atoms with van der Waals surface area (Å²) in [6, 6.07) is 15.7. The third-order valence-corrected chi connectivity index (χ3v) is 7.97. The number of nitrogens with zero attached hydrogens (tertiary/aromatic N) is 2. The van der Waals surface area contributed by atoms with Gasteiger partial charge in [-0.15, -0.1) is 0 Å². The van der Waals surface area contributed by atoms with E-state index in [9.17, 15) is 9.59 Å². The molecule has 2 heterocycles. The van der Waals surface area contributed by atoms with Crippen LogP contribution < -0.4 is 9.47 Å². The molecule has 0 aliphatic carbocycles. The van der Waals surface area contributed by atoms with Gasteiger partial charge in [0.05, 0.1) is 51.6 Å². The maximum Gasteiger partial charge on any atom is 0.336 e. The van der Waals surface area contributed by atoms with Crippen LogP contribution in [-0.4, -0.2) is 89.1 Å². The Morgan fingerprint density at radius 2 is 1.52 bits per heavy atom. The minimum absolute atomic E-state index is 0.235. The molecule has 2 aromatic rings. The lowest BCUT2D eigenvalue weighted by Gasteiger charge is -2.38. The fraction of sp³-hybridized carbons (Fsp3) is 0.455. The van der Waals surface area contributed by atoms with E-state index in [1.807, 2.05) is 43.0 Å². The molecule has 1 saturated heterocycles. The van der Waals surface area contributed by atoms with Crippen molar-refractivity contribution in [1.29, 1.82) is 0 Å². The summed E-state index contributed by atoms with van der Waals surface area (Å²) in [5.41, 5.74) is 4.25. The van der Waals surface area contributed by atoms with Crippen molar-refractivity contribution < 1.29 is 33.3 Å². The Kier molecular flexibility index (Phi) is 11.0. The molecule has 0 amide bonds. The van der Waals surface area contributed by atoms with E-state index in [2.05, 4.69) is 17.0 Å². The Morgan fingerprint density at radius 3 is 2.17 bits per heavy atom. The van der Waals surface area contributed by atoms with Gasteiger partial charge in [-0.1, -0.05) is 36.4 Å². The highest BCUT2D eigenvalue weighted by Gasteiger charge is 2.40. The van der Waals surface area contributed by atoms with Crippen LogP contribution in [-0.2, 0) is 30.2 Å². The maximum absolute atomic E-state index is 13.9. The van der Waals surface area contributed by atoms with Crippen molar-refractivity contribution in [2.45, 2.75) is 32.6 Å². The molecule has 4 rings (SSSR count). The van der Waals surface area contributed by atoms with Gasteiger partial charge < -0.3 is 28.6 Å². The molecule has 2 aliphatic rings. The van der Waals surface area contributed by atoms with E-state index in [0.29, 0.717) is 54.5 Å². The number of rotatable bonds is 12. The quantitative estimate of drug-likeness (QED) is 0.342. The van der Waals surface area contributed by atoms with E-state index in [-0.39, 0.29) is 6.61 Å². The summed E-state index contributed by atoms with van der Waals surface area (Å²) < 4.78 is 27.6. The number of hydrogen-bond donors (Lipinski definition) is 0. The monoisotopic (exact) mass is 578 g/mol. The molecule has 9 nitrogen and oxygen atoms in total. The highest BCUT2D eigenvalue weighted by Crippen LogP contribution is 2.44. The van der Waals surface area contributed by atoms with Crippen LogP contribution >= 0.6 is 0 Å². The molecule has 2 aromatic carbocycles. The number of ether oxygens (including phenoxy) is 5. The summed E-state index contributed by atoms with van der Waals surface area (Å²) in [7, 11) is 4.48. The molecule has 0 saturated carbocycles. The smallest absolute Gasteiger partial charge is 0.336 e. The van der Waals surface area contributed by atoms with Crippen LogP contribution in [0.4, 0.5) is 0 Å². The van der Waals surface area contributed by atoms with Gasteiger partial charge in [-0.25, -0.2) is 9.59 Å². The van der Waals surface area contributed by atoms with Crippen molar-refractivity contribution in [2.75, 3.05) is 67.3 Å². The van der Waals surface area contributed by atoms with Gasteiger partial charge in [0.25, 0.3) is 0 Å². The van der Waals surface area contributed by atoms with Crippen molar-refractivity contribution in [3.63, 3.8) is 0 Å². The lowest BCUT2D eigenvalue weighted by molar-refractivity contribution is -0.140. The van der Waals surface area contributed by atoms with Gasteiger partial charge in [0.1, 0.15) is 6.61 Å². The minimum atomic E-state index is -0.710. The van der Waals surface area contributed by atoms with Gasteiger partial charge in [-0.05, 0) is 49.9 Å². The van der Waals surface area contributed by atoms with Gasteiger partial charge in [0.2, 0.25) is 0 Å². The van der Waals surface area contributed by atoms with Gasteiger partial charge in [0, 0.05) is 37.6 Å². The molecule has 1 unspecified atom stereocenters. The van der Waals surface area contributed by atoms with E-state index >= 15 is 0 Å². The number of morpholine rings is 1. The molecule has 0 N–H and O–H groups in total. The first kappa shape index (κ1) is 31.1. The molecule has 0 aromatic heterocycles. The van der Waals surface area contributed by atoms with E-state index in [1.54, 1.807) is 26.4 Å². The Balaban J connectivity index is 1.70. The molecule has 1 fully saturated rings. The highest BCUT2D eigenvalue weighted by molar-refractivity contribution is 6.00. The second kappa shape index (κ2) is 14.9. The lowest BCUT2D eigenvalue weighted by atomic mass is 9.79. The SMILES string of the molecule is COC(=O)C1=C(C)N(CCCc2ccccc2)C(C)=C(C(=O)OCCN2CCOCC2)C1c1ccc(OC)c(OC)c1. The summed E-state index contributed by atoms with van der Waals surface area (Å²) in [4.78, 5) is 31.6. The van der Waals surface area contributed by atoms with Crippen LogP contribution in [0.2, 0.25) is 0 Å². The number of benzene rings is 2. The first-order chi connectivity index (χ1) is 20.4. The number of hydrogen-bond acceptors (Lipinski definition) is 9. The van der Waals surface area contributed by atoms with Gasteiger partial charge >= 0.3 is 11.9 Å². The normalized spacial score (nSPS) is 17.7. The Bertz CT molecular complexity index is 1300. The Labute approximate surface area is 248 Å². The molecular formula is C33H42N2O7. The average molecular weight is 579 g/mol. The molecule has 0 spiro atoms. The molecule has 2 aliphatic heterocycles. The summed E-state index contributed by atoms with van der Waals surface area (Å²) in [6.07, 6.45) is 1.69. The Morgan fingerprint density at radius 1 is 0.857 bits per heavy atom. The number of carbonyl (C=O) groups is 2. The zero-order valence-corrected chi connectivity index (χ0v) is 25.3. The fourth-order valence-corrected chi connectivity index (χ4v) is 5.70. The first-order valence-corrected chi connectivity index (χ1v) is 14.4. The highest BCUT2D eigenvalue weighted by atomic mass is 16.5. The number of methoxy groups -OCH3 is 3. The van der Waals surface area contributed by atoms with Crippen LogP contribution in [0.15, 0.2) is 71.1 Å². The van der Waals surface area contributed by atoms with Gasteiger partial charge in [-0.2, -0.15) is 0 Å². The van der Waals surface area contributed by atoms with Crippen molar-refractivity contribution in [2.24, 2.45) is 0 Å². The van der Waals surface area contributed by atoms with Crippen LogP contribution in [0.5, 0.6) is 11.5 Å². The summed E-state index contributed by atoms with van der Waals surface area (Å²) >= 11 is 0. The molecule has 9 heteroatoms. The molecule has 1 atom stereocenters. The van der Waals surface area contributed by atoms with Crippen molar-refractivity contribution in [3.8, 4) is 11.5 Å². The molecular weight excluding hydrogens is 536 g/mol. The van der Waals surface area contributed by atoms with Crippen LogP contribution in [0.3, 0.4) is 0 Å². The van der Waals surface area contributed by atoms with Crippen molar-refractivity contribution in [3.05, 3.63) is 82.2 Å². The summed E-state index contributed by atoms with van der Waals surface area (Å²) in [5.74, 6) is -0.609. The van der Waals surface area contributed by atoms with Crippen LogP contribution in [0, 0.1) is 0 Å². The van der Waals surface area contributed by atoms with E-state index < -0.39 is 17.9 Å². The number of aryl methyl sites for hydroxylation is 1. The maximum atomic E-state index is 13.9. The minimum Gasteiger partial charge on any atom is -0.493 e. The predicted octanol–water partition coefficient (Wildman–Crippen LogP) is 4.33. The largest absolute Gasteiger partial charge is 0.493 e. The number of carbonyl (C=O) groups excluding carboxylic acids is 2. The van der Waals surface area contributed by atoms with Gasteiger partial charge in [-0.3, -0.25) is 4.90 Å². The van der Waals surface area contributed by atoms with Crippen molar-refractivity contribution >= 4 is 11.9 Å². The molecule has 0 bridgehead atoms. The van der Waals surface area contributed by atoms with Crippen molar-refractivity contribution in [1.82, 2.24) is 9.80 Å². The fourth-order valence-electron chi connectivity index (χ4n) is 5.70. The first-order valence-electron chi connectivity index (χ1n) is 14.4. The standard InChI is InChI=1S/C33H42N2O7/c1-23-29(32(36)40-5)31(26-13-14-27(38-3)28(22-26)39-4)30(33(37)42-21-18-34-16-19-41-20-17-34)24(2)35(23)15-9-12-25-10-7-6-8-11-25/h6-8,10-11,13-14,22,31H,9,12,15-21H2,1-5H3. The van der Waals surface area contributed by atoms with Gasteiger partial charge in [0.15, 0.2) is 11.5 Å². The zero-order chi connectivity index (χ0) is 30.1. The summed E-state index contributed by atoms with van der Waals surface area (Å²) in [5, 5.41) is 0. The van der Waals surface area contributed by atoms with E-state index in [1.165, 1.54) is 12.7 Å². The third-order valence-electron chi connectivity index (χ3n) is 7.97. The van der Waals surface area contributed by atoms with Crippen LogP contribution in [0.25, 0.3) is 0 Å². The second-order valence-electron chi connectivity index (χ2n) is 10.4. The molecule has 226 valence electrons. The number of allylic oxidation sites excluding steroid dienone is 2. The zero-order valence-electron chi connectivity index (χ0n) is 25.3. The summed E-state index contributed by atoms with van der Waals surface area (Å²) in [6.45, 7) is 8.25. The van der Waals surface area contributed by atoms with E-state index in [0.717, 1.165) is 37.3 Å². The third kappa shape index (κ3) is 7.14. The lowest BCUT2D eigenvalue weighted by Crippen LogP contribution is -2.39. The predicted molar refractivity (Wildman–Crippen MR) is 159 cm³/mol. The molecule has 0 radical (unpaired) electrons. The van der Waals surface area contributed by atoms with E-state index in [4.69, 9.17) is 23.7 Å². The molecule has 42 heavy (non-hydrogen) atoms. The van der Waals surface area contributed by atoms with Crippen LogP contribution in [0.1, 0.15) is 37.3 Å². The number of esters is 2. The topological polar surface area (TPSA) is 86.8 Å². The Hall–Kier alpha value is -3.82. The average Bonchev–Trinajstić information content (AvgIpc) is 3.02. The second-order valence-corrected chi connectivity index (χ2v) is 10.4.